The van der Waals surface area contributed by atoms with E-state index in [1.165, 1.54) is 0 Å². The van der Waals surface area contributed by atoms with E-state index in [1.807, 2.05) is 57.9 Å². The Morgan fingerprint density at radius 3 is 2.12 bits per heavy atom. The molecule has 0 aliphatic rings. The molecule has 4 aromatic heterocycles. The van der Waals surface area contributed by atoms with Gasteiger partial charge in [-0.3, -0.25) is 0 Å². The molecular formula is C16H15N7O. The third-order valence-electron chi connectivity index (χ3n) is 3.42. The molecule has 0 aromatic carbocycles. The number of rotatable bonds is 3. The van der Waals surface area contributed by atoms with Gasteiger partial charge in [-0.25, -0.2) is 9.97 Å². The van der Waals surface area contributed by atoms with Crippen molar-refractivity contribution in [2.24, 2.45) is 5.11 Å². The lowest BCUT2D eigenvalue weighted by atomic mass is 10.3. The van der Waals surface area contributed by atoms with Gasteiger partial charge < -0.3 is 13.9 Å². The van der Waals surface area contributed by atoms with E-state index >= 15 is 0 Å². The molecule has 1 N–H and O–H groups in total. The van der Waals surface area contributed by atoms with E-state index in [-0.39, 0.29) is 6.61 Å². The van der Waals surface area contributed by atoms with Crippen LogP contribution in [0, 0.1) is 0 Å². The Hall–Kier alpha value is -3.35. The van der Waals surface area contributed by atoms with Crippen molar-refractivity contribution in [3.05, 3.63) is 83.0 Å². The fourth-order valence-electron chi connectivity index (χ4n) is 2.21. The number of hydrogen-bond donors (Lipinski definition) is 1. The molecule has 0 saturated heterocycles. The average molecular weight is 321 g/mol. The summed E-state index contributed by atoms with van der Waals surface area (Å²) in [5.41, 5.74) is 11.7. The minimum Gasteiger partial charge on any atom is -0.392 e. The molecule has 0 radical (unpaired) electrons. The Bertz CT molecular complexity index is 998. The van der Waals surface area contributed by atoms with Gasteiger partial charge in [0.25, 0.3) is 0 Å². The first kappa shape index (κ1) is 15.5. The van der Waals surface area contributed by atoms with Gasteiger partial charge >= 0.3 is 0 Å². The first-order valence-corrected chi connectivity index (χ1v) is 7.25. The predicted octanol–water partition coefficient (Wildman–Crippen LogP) is 2.97. The van der Waals surface area contributed by atoms with Crippen molar-refractivity contribution in [3.63, 3.8) is 0 Å². The maximum atomic E-state index is 8.80. The van der Waals surface area contributed by atoms with Crippen molar-refractivity contribution in [2.75, 3.05) is 0 Å². The van der Waals surface area contributed by atoms with Gasteiger partial charge in [0.05, 0.1) is 13.2 Å². The van der Waals surface area contributed by atoms with E-state index in [9.17, 15) is 0 Å². The van der Waals surface area contributed by atoms with Gasteiger partial charge in [0.15, 0.2) is 0 Å². The highest BCUT2D eigenvalue weighted by Gasteiger charge is 1.95. The van der Waals surface area contributed by atoms with Crippen LogP contribution in [-0.4, -0.2) is 23.9 Å². The van der Waals surface area contributed by atoms with Gasteiger partial charge in [-0.05, 0) is 40.9 Å². The Morgan fingerprint density at radius 1 is 0.958 bits per heavy atom. The van der Waals surface area contributed by atoms with Crippen molar-refractivity contribution in [1.82, 2.24) is 18.8 Å². The number of azide groups is 1. The predicted molar refractivity (Wildman–Crippen MR) is 89.2 cm³/mol. The fourth-order valence-corrected chi connectivity index (χ4v) is 2.21. The largest absolute Gasteiger partial charge is 0.392 e. The van der Waals surface area contributed by atoms with Crippen LogP contribution in [0.15, 0.2) is 66.6 Å². The fraction of sp³-hybridized carbons (Fsp3) is 0.125. The third-order valence-corrected chi connectivity index (χ3v) is 3.42. The highest BCUT2D eigenvalue weighted by molar-refractivity contribution is 5.41. The molecule has 8 heteroatoms. The van der Waals surface area contributed by atoms with E-state index in [2.05, 4.69) is 20.0 Å². The minimum absolute atomic E-state index is 0.0728. The molecule has 0 aliphatic heterocycles. The monoisotopic (exact) mass is 321 g/mol. The molecule has 0 bridgehead atoms. The summed E-state index contributed by atoms with van der Waals surface area (Å²) >= 11 is 0. The number of hydrogen-bond acceptors (Lipinski definition) is 4. The number of fused-ring (bicyclic) bond motifs is 2. The van der Waals surface area contributed by atoms with E-state index < -0.39 is 0 Å². The Balaban J connectivity index is 0.000000143. The summed E-state index contributed by atoms with van der Waals surface area (Å²) in [6, 6.07) is 7.53. The van der Waals surface area contributed by atoms with E-state index in [1.54, 1.807) is 12.4 Å². The second-order valence-electron chi connectivity index (χ2n) is 5.00. The summed E-state index contributed by atoms with van der Waals surface area (Å²) < 4.78 is 3.80. The van der Waals surface area contributed by atoms with Crippen LogP contribution in [-0.2, 0) is 13.2 Å². The molecule has 4 heterocycles. The van der Waals surface area contributed by atoms with Crippen LogP contribution in [0.25, 0.3) is 21.7 Å². The van der Waals surface area contributed by atoms with Crippen LogP contribution in [0.3, 0.4) is 0 Å². The zero-order chi connectivity index (χ0) is 16.8. The molecule has 4 rings (SSSR count). The summed E-state index contributed by atoms with van der Waals surface area (Å²) in [6.07, 6.45) is 11.0. The molecule has 0 fully saturated rings. The van der Waals surface area contributed by atoms with E-state index in [0.29, 0.717) is 6.54 Å². The smallest absolute Gasteiger partial charge is 0.136 e. The highest BCUT2D eigenvalue weighted by atomic mass is 16.3. The second-order valence-corrected chi connectivity index (χ2v) is 5.00. The quantitative estimate of drug-likeness (QED) is 0.356. The summed E-state index contributed by atoms with van der Waals surface area (Å²) in [4.78, 5) is 10.9. The lowest BCUT2D eigenvalue weighted by molar-refractivity contribution is 0.282. The molecule has 120 valence electrons. The molecule has 4 aromatic rings. The SMILES string of the molecule is OCc1ccn2ccnc2c1.[N-]=[N+]=NCc1ccn2ccnc2c1. The topological polar surface area (TPSA) is 104 Å². The van der Waals surface area contributed by atoms with Crippen LogP contribution in [0.4, 0.5) is 0 Å². The van der Waals surface area contributed by atoms with Crippen LogP contribution in [0.2, 0.25) is 0 Å². The first-order valence-electron chi connectivity index (χ1n) is 7.25. The molecule has 0 amide bonds. The maximum Gasteiger partial charge on any atom is 0.136 e. The van der Waals surface area contributed by atoms with E-state index in [0.717, 1.165) is 22.4 Å². The van der Waals surface area contributed by atoms with Gasteiger partial charge in [0.1, 0.15) is 11.3 Å². The number of nitrogens with zero attached hydrogens (tertiary/aromatic N) is 7. The van der Waals surface area contributed by atoms with Gasteiger partial charge in [-0.1, -0.05) is 5.11 Å². The summed E-state index contributed by atoms with van der Waals surface area (Å²) in [6.45, 7) is 0.448. The molecule has 0 atom stereocenters. The van der Waals surface area contributed by atoms with Gasteiger partial charge in [0.2, 0.25) is 0 Å². The van der Waals surface area contributed by atoms with Gasteiger partial charge in [0, 0.05) is 42.1 Å². The Labute approximate surface area is 137 Å². The molecule has 0 spiro atoms. The summed E-state index contributed by atoms with van der Waals surface area (Å²) in [7, 11) is 0. The highest BCUT2D eigenvalue weighted by Crippen LogP contribution is 2.06. The number of pyridine rings is 2. The molecule has 24 heavy (non-hydrogen) atoms. The van der Waals surface area contributed by atoms with Crippen molar-refractivity contribution >= 4 is 11.3 Å². The molecule has 0 aliphatic carbocycles. The number of aliphatic hydroxyl groups is 1. The number of aliphatic hydroxyl groups excluding tert-OH is 1. The van der Waals surface area contributed by atoms with Gasteiger partial charge in [-0.2, -0.15) is 0 Å². The minimum atomic E-state index is 0.0728. The number of aromatic nitrogens is 4. The first-order chi connectivity index (χ1) is 11.8. The van der Waals surface area contributed by atoms with Crippen molar-refractivity contribution in [1.29, 1.82) is 0 Å². The van der Waals surface area contributed by atoms with Crippen molar-refractivity contribution in [3.8, 4) is 0 Å². The Morgan fingerprint density at radius 2 is 1.54 bits per heavy atom. The molecular weight excluding hydrogens is 306 g/mol. The number of imidazole rings is 2. The molecule has 8 nitrogen and oxygen atoms in total. The second kappa shape index (κ2) is 7.28. The zero-order valence-corrected chi connectivity index (χ0v) is 12.8. The van der Waals surface area contributed by atoms with Crippen LogP contribution >= 0.6 is 0 Å². The lowest BCUT2D eigenvalue weighted by Crippen LogP contribution is -1.87. The van der Waals surface area contributed by atoms with Crippen LogP contribution < -0.4 is 0 Å². The zero-order valence-electron chi connectivity index (χ0n) is 12.8. The van der Waals surface area contributed by atoms with Crippen molar-refractivity contribution < 1.29 is 5.11 Å². The Kier molecular flexibility index (Phi) is 4.71. The standard InChI is InChI=1S/C8H7N5.C8H8N2O/c9-12-11-6-7-1-3-13-4-2-10-8(13)5-7;11-6-7-1-3-10-4-2-9-8(10)5-7/h1-5H,6H2;1-5,11H,6H2. The van der Waals surface area contributed by atoms with E-state index in [4.69, 9.17) is 10.6 Å². The van der Waals surface area contributed by atoms with Crippen molar-refractivity contribution in [2.45, 2.75) is 13.2 Å². The lowest BCUT2D eigenvalue weighted by Gasteiger charge is -1.96. The average Bonchev–Trinajstić information content (AvgIpc) is 3.28. The van der Waals surface area contributed by atoms with Gasteiger partial charge in [-0.15, -0.1) is 0 Å². The molecule has 0 unspecified atom stereocenters. The molecule has 0 saturated carbocycles. The van der Waals surface area contributed by atoms with Crippen LogP contribution in [0.5, 0.6) is 0 Å². The maximum absolute atomic E-state index is 8.80. The summed E-state index contributed by atoms with van der Waals surface area (Å²) in [5.74, 6) is 0. The third kappa shape index (κ3) is 3.52. The van der Waals surface area contributed by atoms with Crippen LogP contribution in [0.1, 0.15) is 11.1 Å². The summed E-state index contributed by atoms with van der Waals surface area (Å²) in [5, 5.41) is 12.3. The normalized spacial score (nSPS) is 10.2.